The molecule has 0 aliphatic rings. The molecular weight excluding hydrogens is 367 g/mol. The number of alkyl halides is 1. The molecule has 0 saturated heterocycles. The van der Waals surface area contributed by atoms with E-state index in [1.807, 2.05) is 6.07 Å². The summed E-state index contributed by atoms with van der Waals surface area (Å²) in [6, 6.07) is 2.38. The molecule has 0 aliphatic heterocycles. The van der Waals surface area contributed by atoms with Gasteiger partial charge in [-0.05, 0) is 34.8 Å². The summed E-state index contributed by atoms with van der Waals surface area (Å²) in [7, 11) is 0. The van der Waals surface area contributed by atoms with Crippen LogP contribution in [0.5, 0.6) is 0 Å². The second kappa shape index (κ2) is 7.59. The predicted molar refractivity (Wildman–Crippen MR) is 82.5 cm³/mol. The molecule has 2 nitrogen and oxygen atoms in total. The number of anilines is 1. The fourth-order valence-electron chi connectivity index (χ4n) is 1.90. The molecule has 1 aromatic heterocycles. The standard InChI is InChI=1S/C12H17Br2ClN2/c1-3-10(4-2)17(6-5-13)12-11(15)7-9(14)8-16-12/h7-8,10H,3-6H2,1-2H3. The molecule has 17 heavy (non-hydrogen) atoms. The van der Waals surface area contributed by atoms with Crippen molar-refractivity contribution in [1.82, 2.24) is 4.98 Å². The monoisotopic (exact) mass is 382 g/mol. The van der Waals surface area contributed by atoms with Crippen LogP contribution in [-0.4, -0.2) is 22.9 Å². The zero-order chi connectivity index (χ0) is 12.8. The van der Waals surface area contributed by atoms with Crippen molar-refractivity contribution in [2.24, 2.45) is 0 Å². The van der Waals surface area contributed by atoms with E-state index < -0.39 is 0 Å². The van der Waals surface area contributed by atoms with Gasteiger partial charge < -0.3 is 4.90 Å². The van der Waals surface area contributed by atoms with E-state index in [4.69, 9.17) is 11.6 Å². The minimum absolute atomic E-state index is 0.485. The Balaban J connectivity index is 3.03. The molecule has 0 aromatic carbocycles. The maximum atomic E-state index is 6.27. The largest absolute Gasteiger partial charge is 0.352 e. The summed E-state index contributed by atoms with van der Waals surface area (Å²) < 4.78 is 0.912. The Morgan fingerprint density at radius 3 is 2.53 bits per heavy atom. The fraction of sp³-hybridized carbons (Fsp3) is 0.583. The Labute approximate surface area is 125 Å². The van der Waals surface area contributed by atoms with Crippen molar-refractivity contribution in [3.63, 3.8) is 0 Å². The van der Waals surface area contributed by atoms with E-state index in [0.29, 0.717) is 11.1 Å². The van der Waals surface area contributed by atoms with Gasteiger partial charge in [-0.1, -0.05) is 41.4 Å². The van der Waals surface area contributed by atoms with Gasteiger partial charge in [-0.25, -0.2) is 4.98 Å². The number of rotatable bonds is 6. The third-order valence-corrected chi connectivity index (χ3v) is 3.84. The van der Waals surface area contributed by atoms with Gasteiger partial charge in [-0.2, -0.15) is 0 Å². The Hall–Kier alpha value is 0.200. The summed E-state index contributed by atoms with van der Waals surface area (Å²) in [5.74, 6) is 0.878. The van der Waals surface area contributed by atoms with Crippen molar-refractivity contribution in [2.45, 2.75) is 32.7 Å². The first-order valence-electron chi connectivity index (χ1n) is 5.77. The lowest BCUT2D eigenvalue weighted by Gasteiger charge is -2.31. The van der Waals surface area contributed by atoms with Crippen molar-refractivity contribution in [2.75, 3.05) is 16.8 Å². The molecule has 0 aliphatic carbocycles. The van der Waals surface area contributed by atoms with E-state index in [1.54, 1.807) is 6.20 Å². The van der Waals surface area contributed by atoms with Crippen molar-refractivity contribution in [3.8, 4) is 0 Å². The Morgan fingerprint density at radius 1 is 1.41 bits per heavy atom. The summed E-state index contributed by atoms with van der Waals surface area (Å²) in [5, 5.41) is 1.62. The minimum Gasteiger partial charge on any atom is -0.352 e. The van der Waals surface area contributed by atoms with Gasteiger partial charge in [0.2, 0.25) is 0 Å². The van der Waals surface area contributed by atoms with Crippen LogP contribution in [0.2, 0.25) is 5.02 Å². The van der Waals surface area contributed by atoms with Crippen molar-refractivity contribution in [1.29, 1.82) is 0 Å². The van der Waals surface area contributed by atoms with Gasteiger partial charge in [0.1, 0.15) is 5.82 Å². The van der Waals surface area contributed by atoms with Gasteiger partial charge in [0.15, 0.2) is 0 Å². The molecule has 0 atom stereocenters. The summed E-state index contributed by atoms with van der Waals surface area (Å²) in [6.07, 6.45) is 3.99. The molecule has 0 amide bonds. The molecule has 1 aromatic rings. The minimum atomic E-state index is 0.485. The predicted octanol–water partition coefficient (Wildman–Crippen LogP) is 4.89. The maximum absolute atomic E-state index is 6.27. The SMILES string of the molecule is CCC(CC)N(CCBr)c1ncc(Br)cc1Cl. The van der Waals surface area contributed by atoms with Gasteiger partial charge in [-0.3, -0.25) is 0 Å². The van der Waals surface area contributed by atoms with Gasteiger partial charge in [0.25, 0.3) is 0 Å². The van der Waals surface area contributed by atoms with Crippen LogP contribution in [0.1, 0.15) is 26.7 Å². The van der Waals surface area contributed by atoms with Crippen LogP contribution in [0.3, 0.4) is 0 Å². The highest BCUT2D eigenvalue weighted by atomic mass is 79.9. The maximum Gasteiger partial charge on any atom is 0.147 e. The normalized spacial score (nSPS) is 10.9. The van der Waals surface area contributed by atoms with Crippen LogP contribution >= 0.6 is 43.5 Å². The second-order valence-electron chi connectivity index (χ2n) is 3.81. The van der Waals surface area contributed by atoms with Crippen LogP contribution in [0.4, 0.5) is 5.82 Å². The van der Waals surface area contributed by atoms with E-state index in [1.165, 1.54) is 0 Å². The lowest BCUT2D eigenvalue weighted by molar-refractivity contribution is 0.564. The lowest BCUT2D eigenvalue weighted by atomic mass is 10.1. The number of nitrogens with zero attached hydrogens (tertiary/aromatic N) is 2. The van der Waals surface area contributed by atoms with E-state index in [2.05, 4.69) is 55.6 Å². The molecule has 0 fully saturated rings. The number of hydrogen-bond acceptors (Lipinski definition) is 2. The molecule has 0 N–H and O–H groups in total. The number of hydrogen-bond donors (Lipinski definition) is 0. The molecule has 1 rings (SSSR count). The summed E-state index contributed by atoms with van der Waals surface area (Å²) in [5.41, 5.74) is 0. The van der Waals surface area contributed by atoms with Crippen molar-refractivity contribution >= 4 is 49.3 Å². The fourth-order valence-corrected chi connectivity index (χ4v) is 3.02. The molecular formula is C12H17Br2ClN2. The van der Waals surface area contributed by atoms with Crippen LogP contribution in [0.15, 0.2) is 16.7 Å². The molecule has 0 unspecified atom stereocenters. The van der Waals surface area contributed by atoms with Crippen molar-refractivity contribution in [3.05, 3.63) is 21.8 Å². The first-order valence-corrected chi connectivity index (χ1v) is 8.06. The molecule has 96 valence electrons. The van der Waals surface area contributed by atoms with Gasteiger partial charge in [0, 0.05) is 28.6 Å². The smallest absolute Gasteiger partial charge is 0.147 e. The first kappa shape index (κ1) is 15.3. The van der Waals surface area contributed by atoms with E-state index in [0.717, 1.165) is 35.0 Å². The van der Waals surface area contributed by atoms with Gasteiger partial charge in [0.05, 0.1) is 5.02 Å². The molecule has 1 heterocycles. The van der Waals surface area contributed by atoms with E-state index in [-0.39, 0.29) is 0 Å². The van der Waals surface area contributed by atoms with Crippen LogP contribution in [-0.2, 0) is 0 Å². The number of aromatic nitrogens is 1. The molecule has 0 radical (unpaired) electrons. The number of halogens is 3. The summed E-state index contributed by atoms with van der Waals surface area (Å²) in [4.78, 5) is 6.72. The molecule has 5 heteroatoms. The average molecular weight is 385 g/mol. The quantitative estimate of drug-likeness (QED) is 0.650. The average Bonchev–Trinajstić information content (AvgIpc) is 2.30. The van der Waals surface area contributed by atoms with Crippen LogP contribution in [0, 0.1) is 0 Å². The highest BCUT2D eigenvalue weighted by molar-refractivity contribution is 9.10. The zero-order valence-corrected chi connectivity index (χ0v) is 14.0. The summed E-state index contributed by atoms with van der Waals surface area (Å²) in [6.45, 7) is 5.31. The molecule has 0 spiro atoms. The Bertz CT molecular complexity index is 356. The van der Waals surface area contributed by atoms with Crippen LogP contribution in [0.25, 0.3) is 0 Å². The topological polar surface area (TPSA) is 16.1 Å². The zero-order valence-electron chi connectivity index (χ0n) is 10.1. The second-order valence-corrected chi connectivity index (χ2v) is 5.93. The highest BCUT2D eigenvalue weighted by Crippen LogP contribution is 2.28. The summed E-state index contributed by atoms with van der Waals surface area (Å²) >= 11 is 13.1. The molecule has 0 bridgehead atoms. The lowest BCUT2D eigenvalue weighted by Crippen LogP contribution is -2.36. The van der Waals surface area contributed by atoms with Gasteiger partial charge >= 0.3 is 0 Å². The van der Waals surface area contributed by atoms with Crippen LogP contribution < -0.4 is 4.90 Å². The Kier molecular flexibility index (Phi) is 6.82. The first-order chi connectivity index (χ1) is 8.13. The van der Waals surface area contributed by atoms with E-state index in [9.17, 15) is 0 Å². The Morgan fingerprint density at radius 2 is 2.06 bits per heavy atom. The van der Waals surface area contributed by atoms with Crippen molar-refractivity contribution < 1.29 is 0 Å². The van der Waals surface area contributed by atoms with Gasteiger partial charge in [-0.15, -0.1) is 0 Å². The molecule has 0 saturated carbocycles. The third-order valence-electron chi connectivity index (χ3n) is 2.77. The van der Waals surface area contributed by atoms with E-state index >= 15 is 0 Å². The highest BCUT2D eigenvalue weighted by Gasteiger charge is 2.18. The third kappa shape index (κ3) is 4.11. The number of pyridine rings is 1.